The molecule has 0 N–H and O–H groups in total. The van der Waals surface area contributed by atoms with Crippen molar-refractivity contribution in [3.63, 3.8) is 0 Å². The molecule has 2 rings (SSSR count). The number of hydrogen-bond donors (Lipinski definition) is 0. The summed E-state index contributed by atoms with van der Waals surface area (Å²) in [7, 11) is 1.49. The van der Waals surface area contributed by atoms with Gasteiger partial charge in [-0.05, 0) is 43.2 Å². The topological polar surface area (TPSA) is 26.3 Å². The molecule has 4 heteroatoms. The molecular formula is C16H20F2O2. The minimum absolute atomic E-state index is 0.0454. The highest BCUT2D eigenvalue weighted by Gasteiger charge is 2.44. The molecule has 0 unspecified atom stereocenters. The molecule has 0 heterocycles. The molecule has 1 aromatic rings. The van der Waals surface area contributed by atoms with Crippen LogP contribution in [0.3, 0.4) is 0 Å². The van der Waals surface area contributed by atoms with Gasteiger partial charge in [0.1, 0.15) is 17.2 Å². The fourth-order valence-corrected chi connectivity index (χ4v) is 2.80. The Hall–Kier alpha value is -1.29. The number of carbonyl (C=O) groups is 1. The molecule has 0 amide bonds. The number of methoxy groups -OCH3 is 1. The lowest BCUT2D eigenvalue weighted by molar-refractivity contribution is -0.0383. The smallest absolute Gasteiger partial charge is 0.194 e. The van der Waals surface area contributed by atoms with E-state index in [2.05, 4.69) is 13.8 Å². The van der Waals surface area contributed by atoms with Crippen LogP contribution in [0.25, 0.3) is 0 Å². The Bertz CT molecular complexity index is 493. The lowest BCUT2D eigenvalue weighted by atomic mass is 9.68. The van der Waals surface area contributed by atoms with Gasteiger partial charge in [-0.25, -0.2) is 8.78 Å². The third-order valence-corrected chi connectivity index (χ3v) is 4.34. The van der Waals surface area contributed by atoms with Crippen LogP contribution in [-0.2, 0) is 4.74 Å². The van der Waals surface area contributed by atoms with Gasteiger partial charge in [0.25, 0.3) is 0 Å². The van der Waals surface area contributed by atoms with Gasteiger partial charge < -0.3 is 4.74 Å². The van der Waals surface area contributed by atoms with E-state index < -0.39 is 17.2 Å². The third kappa shape index (κ3) is 2.90. The molecule has 1 aliphatic rings. The fourth-order valence-electron chi connectivity index (χ4n) is 2.80. The Morgan fingerprint density at radius 1 is 1.05 bits per heavy atom. The summed E-state index contributed by atoms with van der Waals surface area (Å²) in [6, 6.07) is 2.91. The van der Waals surface area contributed by atoms with E-state index in [0.29, 0.717) is 12.8 Å². The molecule has 1 fully saturated rings. The van der Waals surface area contributed by atoms with Crippen molar-refractivity contribution in [2.75, 3.05) is 7.11 Å². The zero-order valence-corrected chi connectivity index (χ0v) is 12.1. The molecule has 2 nitrogen and oxygen atoms in total. The molecule has 0 spiro atoms. The van der Waals surface area contributed by atoms with Gasteiger partial charge in [0.2, 0.25) is 0 Å². The lowest BCUT2D eigenvalue weighted by Crippen LogP contribution is -2.45. The van der Waals surface area contributed by atoms with E-state index in [1.807, 2.05) is 0 Å². The Labute approximate surface area is 118 Å². The van der Waals surface area contributed by atoms with Crippen LogP contribution in [0.5, 0.6) is 0 Å². The highest BCUT2D eigenvalue weighted by Crippen LogP contribution is 2.43. The largest absolute Gasteiger partial charge is 0.370 e. The van der Waals surface area contributed by atoms with Gasteiger partial charge in [-0.2, -0.15) is 0 Å². The molecule has 1 aromatic carbocycles. The number of Topliss-reactive ketones (excluding diaryl/α,β-unsaturated/α-hetero) is 1. The Balaban J connectivity index is 2.30. The third-order valence-electron chi connectivity index (χ3n) is 4.34. The first-order valence-corrected chi connectivity index (χ1v) is 6.84. The molecule has 1 saturated carbocycles. The second kappa shape index (κ2) is 5.24. The average molecular weight is 282 g/mol. The number of carbonyl (C=O) groups excluding carboxylic acids is 1. The minimum atomic E-state index is -0.949. The summed E-state index contributed by atoms with van der Waals surface area (Å²) in [5, 5.41) is 0. The summed E-state index contributed by atoms with van der Waals surface area (Å²) >= 11 is 0. The first-order valence-electron chi connectivity index (χ1n) is 6.84. The first-order chi connectivity index (χ1) is 9.28. The SMILES string of the molecule is COC1(C(=O)c2cc(F)cc(F)c2)CCC(C)(C)CC1. The number of halogens is 2. The molecule has 110 valence electrons. The van der Waals surface area contributed by atoms with Crippen molar-refractivity contribution in [3.8, 4) is 0 Å². The fraction of sp³-hybridized carbons (Fsp3) is 0.562. The number of ether oxygens (including phenoxy) is 1. The van der Waals surface area contributed by atoms with Gasteiger partial charge in [0.05, 0.1) is 0 Å². The van der Waals surface area contributed by atoms with E-state index in [9.17, 15) is 13.6 Å². The Morgan fingerprint density at radius 2 is 1.55 bits per heavy atom. The number of hydrogen-bond acceptors (Lipinski definition) is 2. The maximum Gasteiger partial charge on any atom is 0.194 e. The second-order valence-electron chi connectivity index (χ2n) is 6.35. The predicted octanol–water partition coefficient (Wildman–Crippen LogP) is 4.13. The van der Waals surface area contributed by atoms with Crippen LogP contribution in [0.4, 0.5) is 8.78 Å². The summed E-state index contributed by atoms with van der Waals surface area (Å²) in [5.74, 6) is -1.81. The highest BCUT2D eigenvalue weighted by molar-refractivity contribution is 6.02. The lowest BCUT2D eigenvalue weighted by Gasteiger charge is -2.41. The van der Waals surface area contributed by atoms with Gasteiger partial charge in [-0.15, -0.1) is 0 Å². The molecule has 0 atom stereocenters. The summed E-state index contributed by atoms with van der Waals surface area (Å²) in [5.41, 5.74) is -0.727. The molecule has 20 heavy (non-hydrogen) atoms. The van der Waals surface area contributed by atoms with E-state index in [4.69, 9.17) is 4.74 Å². The van der Waals surface area contributed by atoms with Crippen LogP contribution >= 0.6 is 0 Å². The number of rotatable bonds is 3. The van der Waals surface area contributed by atoms with Crippen LogP contribution in [0.1, 0.15) is 49.9 Å². The molecule has 0 radical (unpaired) electrons. The van der Waals surface area contributed by atoms with E-state index in [0.717, 1.165) is 31.0 Å². The van der Waals surface area contributed by atoms with E-state index in [-0.39, 0.29) is 16.8 Å². The van der Waals surface area contributed by atoms with Crippen molar-refractivity contribution in [2.24, 2.45) is 5.41 Å². The number of ketones is 1. The number of benzene rings is 1. The molecule has 0 saturated heterocycles. The maximum atomic E-state index is 13.3. The molecule has 0 aromatic heterocycles. The molecule has 0 bridgehead atoms. The van der Waals surface area contributed by atoms with Crippen LogP contribution in [-0.4, -0.2) is 18.5 Å². The van der Waals surface area contributed by atoms with Crippen molar-refractivity contribution in [2.45, 2.75) is 45.1 Å². The average Bonchev–Trinajstić information content (AvgIpc) is 2.37. The van der Waals surface area contributed by atoms with Crippen molar-refractivity contribution >= 4 is 5.78 Å². The minimum Gasteiger partial charge on any atom is -0.370 e. The van der Waals surface area contributed by atoms with Crippen molar-refractivity contribution in [1.82, 2.24) is 0 Å². The van der Waals surface area contributed by atoms with Gasteiger partial charge in [-0.1, -0.05) is 13.8 Å². The predicted molar refractivity (Wildman–Crippen MR) is 72.7 cm³/mol. The second-order valence-corrected chi connectivity index (χ2v) is 6.35. The molecular weight excluding hydrogens is 262 g/mol. The first kappa shape index (κ1) is 15.1. The summed E-state index contributed by atoms with van der Waals surface area (Å²) < 4.78 is 32.0. The van der Waals surface area contributed by atoms with Crippen LogP contribution in [0, 0.1) is 17.0 Å². The Kier molecular flexibility index (Phi) is 3.96. The summed E-state index contributed by atoms with van der Waals surface area (Å²) in [6.07, 6.45) is 2.86. The van der Waals surface area contributed by atoms with E-state index >= 15 is 0 Å². The van der Waals surface area contributed by atoms with Gasteiger partial charge in [0, 0.05) is 18.7 Å². The monoisotopic (exact) mass is 282 g/mol. The van der Waals surface area contributed by atoms with Crippen LogP contribution in [0.15, 0.2) is 18.2 Å². The summed E-state index contributed by atoms with van der Waals surface area (Å²) in [4.78, 5) is 12.6. The van der Waals surface area contributed by atoms with Gasteiger partial charge >= 0.3 is 0 Å². The quantitative estimate of drug-likeness (QED) is 0.779. The molecule has 1 aliphatic carbocycles. The van der Waals surface area contributed by atoms with Crippen molar-refractivity contribution in [3.05, 3.63) is 35.4 Å². The van der Waals surface area contributed by atoms with E-state index in [1.54, 1.807) is 0 Å². The summed E-state index contributed by atoms with van der Waals surface area (Å²) in [6.45, 7) is 4.30. The highest BCUT2D eigenvalue weighted by atomic mass is 19.1. The standard InChI is InChI=1S/C16H20F2O2/c1-15(2)4-6-16(20-3,7-5-15)14(19)11-8-12(17)10-13(18)9-11/h8-10H,4-7H2,1-3H3. The zero-order chi connectivity index (χ0) is 15.0. The van der Waals surface area contributed by atoms with E-state index in [1.165, 1.54) is 7.11 Å². The Morgan fingerprint density at radius 3 is 2.00 bits per heavy atom. The molecule has 0 aliphatic heterocycles. The van der Waals surface area contributed by atoms with Crippen molar-refractivity contribution < 1.29 is 18.3 Å². The van der Waals surface area contributed by atoms with Crippen LogP contribution < -0.4 is 0 Å². The van der Waals surface area contributed by atoms with Gasteiger partial charge in [0.15, 0.2) is 5.78 Å². The zero-order valence-electron chi connectivity index (χ0n) is 12.1. The van der Waals surface area contributed by atoms with Crippen LogP contribution in [0.2, 0.25) is 0 Å². The maximum absolute atomic E-state index is 13.3. The van der Waals surface area contributed by atoms with Crippen molar-refractivity contribution in [1.29, 1.82) is 0 Å². The van der Waals surface area contributed by atoms with Gasteiger partial charge in [-0.3, -0.25) is 4.79 Å². The normalized spacial score (nSPS) is 20.6.